The number of phenols is 1. The molecule has 88 valence electrons. The van der Waals surface area contributed by atoms with Crippen LogP contribution in [0.25, 0.3) is 10.1 Å². The zero-order chi connectivity index (χ0) is 12.0. The van der Waals surface area contributed by atoms with Crippen molar-refractivity contribution in [3.8, 4) is 5.75 Å². The fraction of sp³-hybridized carbons (Fsp3) is 0.182. The number of aromatic hydroxyl groups is 1. The molecule has 0 saturated heterocycles. The summed E-state index contributed by atoms with van der Waals surface area (Å²) in [7, 11) is -1.43. The van der Waals surface area contributed by atoms with Crippen LogP contribution in [-0.2, 0) is 0 Å². The Kier molecular flexibility index (Phi) is 2.50. The van der Waals surface area contributed by atoms with Crippen LogP contribution in [0.2, 0.25) is 0 Å². The largest absolute Gasteiger partial charge is 0.590 e. The molecular formula is C11H9NO3S2. The molecule has 1 aromatic heterocycles. The molecule has 0 radical (unpaired) electrons. The third-order valence-electron chi connectivity index (χ3n) is 2.64. The molecule has 2 aromatic rings. The molecule has 0 aliphatic carbocycles. The van der Waals surface area contributed by atoms with Gasteiger partial charge in [0.15, 0.2) is 4.70 Å². The number of thiophene rings is 1. The van der Waals surface area contributed by atoms with Gasteiger partial charge in [0.1, 0.15) is 5.75 Å². The maximum atomic E-state index is 12.2. The Morgan fingerprint density at radius 1 is 1.47 bits per heavy atom. The quantitative estimate of drug-likeness (QED) is 0.717. The van der Waals surface area contributed by atoms with E-state index in [-0.39, 0.29) is 11.7 Å². The summed E-state index contributed by atoms with van der Waals surface area (Å²) >= 11 is 1.51. The molecule has 0 bridgehead atoms. The predicted octanol–water partition coefficient (Wildman–Crippen LogP) is 2.11. The van der Waals surface area contributed by atoms with Gasteiger partial charge in [-0.15, -0.1) is 11.8 Å². The van der Waals surface area contributed by atoms with Gasteiger partial charge in [0.05, 0.1) is 10.3 Å². The number of amides is 1. The number of benzene rings is 1. The molecule has 0 spiro atoms. The van der Waals surface area contributed by atoms with E-state index in [0.29, 0.717) is 16.1 Å². The number of rotatable bonds is 0. The van der Waals surface area contributed by atoms with Gasteiger partial charge in [-0.3, -0.25) is 4.79 Å². The first-order valence-electron chi connectivity index (χ1n) is 5.09. The normalized spacial score (nSPS) is 16.5. The fourth-order valence-electron chi connectivity index (χ4n) is 1.90. The lowest BCUT2D eigenvalue weighted by Crippen LogP contribution is -2.23. The molecule has 1 aromatic carbocycles. The SMILES string of the molecule is O=C1NCCSc2c1[s+]([O-])c1ccc(O)cc21. The Balaban J connectivity index is 2.38. The van der Waals surface area contributed by atoms with Crippen LogP contribution in [0.1, 0.15) is 9.67 Å². The first-order chi connectivity index (χ1) is 8.18. The molecule has 2 heterocycles. The van der Waals surface area contributed by atoms with Crippen LogP contribution in [0.5, 0.6) is 5.75 Å². The minimum absolute atomic E-state index is 0.125. The van der Waals surface area contributed by atoms with Crippen LogP contribution in [-0.4, -0.2) is 27.9 Å². The van der Waals surface area contributed by atoms with Crippen LogP contribution in [0.4, 0.5) is 0 Å². The third-order valence-corrected chi connectivity index (χ3v) is 5.41. The van der Waals surface area contributed by atoms with Gasteiger partial charge in [0.25, 0.3) is 4.88 Å². The van der Waals surface area contributed by atoms with E-state index in [2.05, 4.69) is 5.32 Å². The fourth-order valence-corrected chi connectivity index (χ4v) is 4.62. The van der Waals surface area contributed by atoms with Crippen molar-refractivity contribution in [3.05, 3.63) is 23.1 Å². The molecule has 1 amide bonds. The summed E-state index contributed by atoms with van der Waals surface area (Å²) in [5.74, 6) is 0.607. The van der Waals surface area contributed by atoms with Crippen LogP contribution >= 0.6 is 22.5 Å². The lowest BCUT2D eigenvalue weighted by molar-refractivity contribution is 0.0958. The van der Waals surface area contributed by atoms with E-state index in [1.54, 1.807) is 12.1 Å². The van der Waals surface area contributed by atoms with E-state index < -0.39 is 10.8 Å². The van der Waals surface area contributed by atoms with Crippen molar-refractivity contribution in [2.75, 3.05) is 12.3 Å². The molecule has 1 aliphatic heterocycles. The zero-order valence-electron chi connectivity index (χ0n) is 8.73. The second-order valence-corrected chi connectivity index (χ2v) is 6.20. The minimum atomic E-state index is -1.43. The summed E-state index contributed by atoms with van der Waals surface area (Å²) in [5.41, 5.74) is 0. The van der Waals surface area contributed by atoms with Gasteiger partial charge in [-0.2, -0.15) is 0 Å². The molecule has 4 nitrogen and oxygen atoms in total. The summed E-state index contributed by atoms with van der Waals surface area (Å²) in [6.45, 7) is 0.571. The first kappa shape index (κ1) is 10.9. The maximum Gasteiger partial charge on any atom is 0.305 e. The Morgan fingerprint density at radius 3 is 3.12 bits per heavy atom. The third kappa shape index (κ3) is 1.60. The predicted molar refractivity (Wildman–Crippen MR) is 67.3 cm³/mol. The molecule has 6 heteroatoms. The van der Waals surface area contributed by atoms with Gasteiger partial charge in [0.2, 0.25) is 0 Å². The number of fused-ring (bicyclic) bond motifs is 3. The van der Waals surface area contributed by atoms with Gasteiger partial charge in [-0.1, -0.05) is 0 Å². The number of carbonyl (C=O) groups is 1. The molecule has 0 fully saturated rings. The Hall–Kier alpha value is -1.24. The topological polar surface area (TPSA) is 72.4 Å². The van der Waals surface area contributed by atoms with Gasteiger partial charge in [-0.25, -0.2) is 0 Å². The molecule has 2 N–H and O–H groups in total. The van der Waals surface area contributed by atoms with E-state index in [9.17, 15) is 14.5 Å². The molecule has 1 atom stereocenters. The second kappa shape index (κ2) is 3.90. The first-order valence-corrected chi connectivity index (χ1v) is 7.22. The molecular weight excluding hydrogens is 258 g/mol. The number of phenolic OH excluding ortho intramolecular Hbond substituents is 1. The van der Waals surface area contributed by atoms with E-state index in [1.807, 2.05) is 0 Å². The monoisotopic (exact) mass is 267 g/mol. The van der Waals surface area contributed by atoms with Crippen LogP contribution in [0, 0.1) is 0 Å². The number of nitrogens with one attached hydrogen (secondary N) is 1. The molecule has 1 aliphatic rings. The van der Waals surface area contributed by atoms with Crippen molar-refractivity contribution in [3.63, 3.8) is 0 Å². The molecule has 1 unspecified atom stereocenters. The highest BCUT2D eigenvalue weighted by atomic mass is 32.2. The lowest BCUT2D eigenvalue weighted by atomic mass is 10.2. The Bertz CT molecular complexity index is 621. The van der Waals surface area contributed by atoms with Crippen molar-refractivity contribution >= 4 is 38.5 Å². The number of hydrogen-bond acceptors (Lipinski definition) is 4. The number of hydrogen-bond donors (Lipinski definition) is 2. The summed E-state index contributed by atoms with van der Waals surface area (Å²) in [5, 5.41) is 12.9. The Morgan fingerprint density at radius 2 is 2.29 bits per heavy atom. The van der Waals surface area contributed by atoms with Gasteiger partial charge in [-0.05, 0) is 22.9 Å². The van der Waals surface area contributed by atoms with E-state index in [1.165, 1.54) is 17.8 Å². The molecule has 17 heavy (non-hydrogen) atoms. The smallest absolute Gasteiger partial charge is 0.305 e. The Labute approximate surface area is 104 Å². The zero-order valence-corrected chi connectivity index (χ0v) is 10.4. The summed E-state index contributed by atoms with van der Waals surface area (Å²) < 4.78 is 12.8. The highest BCUT2D eigenvalue weighted by Gasteiger charge is 2.30. The standard InChI is InChI=1S/C11H9NO3S2/c13-6-1-2-8-7(5-6)9-10(17(8)15)11(14)12-3-4-16-9/h1-2,5,13H,3-4H2,(H,12,14). The number of carbonyl (C=O) groups excluding carboxylic acids is 1. The highest BCUT2D eigenvalue weighted by molar-refractivity contribution is 7.99. The van der Waals surface area contributed by atoms with Crippen molar-refractivity contribution in [1.29, 1.82) is 0 Å². The van der Waals surface area contributed by atoms with Crippen molar-refractivity contribution in [2.24, 2.45) is 0 Å². The van der Waals surface area contributed by atoms with E-state index >= 15 is 0 Å². The van der Waals surface area contributed by atoms with Crippen molar-refractivity contribution < 1.29 is 14.5 Å². The van der Waals surface area contributed by atoms with Crippen molar-refractivity contribution in [1.82, 2.24) is 5.32 Å². The van der Waals surface area contributed by atoms with Gasteiger partial charge < -0.3 is 15.0 Å². The van der Waals surface area contributed by atoms with Crippen LogP contribution in [0.3, 0.4) is 0 Å². The van der Waals surface area contributed by atoms with Crippen LogP contribution < -0.4 is 5.32 Å². The van der Waals surface area contributed by atoms with Gasteiger partial charge >= 0.3 is 5.91 Å². The van der Waals surface area contributed by atoms with Gasteiger partial charge in [0, 0.05) is 18.4 Å². The molecule has 0 saturated carbocycles. The average Bonchev–Trinajstić information content (AvgIpc) is 2.46. The lowest BCUT2D eigenvalue weighted by Gasteiger charge is -1.97. The van der Waals surface area contributed by atoms with Crippen LogP contribution in [0.15, 0.2) is 23.1 Å². The second-order valence-electron chi connectivity index (χ2n) is 3.71. The highest BCUT2D eigenvalue weighted by Crippen LogP contribution is 2.45. The maximum absolute atomic E-state index is 12.2. The summed E-state index contributed by atoms with van der Waals surface area (Å²) in [6, 6.07) is 4.68. The summed E-state index contributed by atoms with van der Waals surface area (Å²) in [4.78, 5) is 12.9. The van der Waals surface area contributed by atoms with E-state index in [0.717, 1.165) is 16.0 Å². The van der Waals surface area contributed by atoms with Crippen molar-refractivity contribution in [2.45, 2.75) is 4.90 Å². The average molecular weight is 267 g/mol. The number of thioether (sulfide) groups is 1. The molecule has 3 rings (SSSR count). The minimum Gasteiger partial charge on any atom is -0.590 e. The summed E-state index contributed by atoms with van der Waals surface area (Å²) in [6.07, 6.45) is 0. The van der Waals surface area contributed by atoms with E-state index in [4.69, 9.17) is 0 Å².